The first-order chi connectivity index (χ1) is 9.97. The maximum atomic E-state index is 11.9. The predicted octanol–water partition coefficient (Wildman–Crippen LogP) is 4.01. The summed E-state index contributed by atoms with van der Waals surface area (Å²) < 4.78 is 0. The van der Waals surface area contributed by atoms with Crippen LogP contribution >= 0.6 is 0 Å². The first-order valence-corrected chi connectivity index (χ1v) is 7.90. The van der Waals surface area contributed by atoms with Crippen molar-refractivity contribution in [2.45, 2.75) is 58.3 Å². The van der Waals surface area contributed by atoms with Crippen molar-refractivity contribution in [1.82, 2.24) is 5.43 Å². The van der Waals surface area contributed by atoms with Gasteiger partial charge in [-0.05, 0) is 29.4 Å². The van der Waals surface area contributed by atoms with Crippen molar-refractivity contribution in [2.24, 2.45) is 11.0 Å². The molecule has 1 aromatic rings. The molecule has 0 unspecified atom stereocenters. The SMILES string of the molecule is CC(C)(C)c1ccc(C=NNC(=O)C2CCCCC2)cc1. The molecule has 3 nitrogen and oxygen atoms in total. The molecule has 0 aromatic heterocycles. The maximum absolute atomic E-state index is 11.9. The monoisotopic (exact) mass is 286 g/mol. The number of rotatable bonds is 3. The highest BCUT2D eigenvalue weighted by atomic mass is 16.2. The van der Waals surface area contributed by atoms with E-state index in [1.165, 1.54) is 12.0 Å². The molecule has 21 heavy (non-hydrogen) atoms. The lowest BCUT2D eigenvalue weighted by Gasteiger charge is -2.19. The Morgan fingerprint density at radius 2 is 1.76 bits per heavy atom. The van der Waals surface area contributed by atoms with Gasteiger partial charge in [0.1, 0.15) is 0 Å². The molecule has 0 bridgehead atoms. The van der Waals surface area contributed by atoms with Crippen molar-refractivity contribution < 1.29 is 4.79 Å². The second-order valence-electron chi connectivity index (χ2n) is 6.94. The Balaban J connectivity index is 1.87. The van der Waals surface area contributed by atoms with Crippen LogP contribution in [0.15, 0.2) is 29.4 Å². The van der Waals surface area contributed by atoms with E-state index in [2.05, 4.69) is 43.4 Å². The van der Waals surface area contributed by atoms with E-state index in [1.807, 2.05) is 12.1 Å². The number of hydrogen-bond acceptors (Lipinski definition) is 2. The number of carbonyl (C=O) groups excluding carboxylic acids is 1. The fourth-order valence-corrected chi connectivity index (χ4v) is 2.70. The molecular weight excluding hydrogens is 260 g/mol. The quantitative estimate of drug-likeness (QED) is 0.662. The van der Waals surface area contributed by atoms with Crippen LogP contribution < -0.4 is 5.43 Å². The van der Waals surface area contributed by atoms with E-state index in [4.69, 9.17) is 0 Å². The smallest absolute Gasteiger partial charge is 0.243 e. The van der Waals surface area contributed by atoms with Gasteiger partial charge in [-0.3, -0.25) is 4.79 Å². The standard InChI is InChI=1S/C18H26N2O/c1-18(2,3)16-11-9-14(10-12-16)13-19-20-17(21)15-7-5-4-6-8-15/h9-13,15H,4-8H2,1-3H3,(H,20,21). The fourth-order valence-electron chi connectivity index (χ4n) is 2.70. The lowest BCUT2D eigenvalue weighted by Crippen LogP contribution is -2.28. The topological polar surface area (TPSA) is 41.5 Å². The van der Waals surface area contributed by atoms with E-state index in [1.54, 1.807) is 6.21 Å². The third-order valence-electron chi connectivity index (χ3n) is 4.14. The predicted molar refractivity (Wildman–Crippen MR) is 87.5 cm³/mol. The van der Waals surface area contributed by atoms with Gasteiger partial charge in [-0.15, -0.1) is 0 Å². The minimum absolute atomic E-state index is 0.0669. The van der Waals surface area contributed by atoms with Crippen LogP contribution in [0.4, 0.5) is 0 Å². The molecule has 0 atom stereocenters. The lowest BCUT2D eigenvalue weighted by molar-refractivity contribution is -0.125. The molecule has 0 heterocycles. The third kappa shape index (κ3) is 4.69. The summed E-state index contributed by atoms with van der Waals surface area (Å²) in [5.41, 5.74) is 5.14. The van der Waals surface area contributed by atoms with Crippen LogP contribution in [0.25, 0.3) is 0 Å². The summed E-state index contributed by atoms with van der Waals surface area (Å²) >= 11 is 0. The molecule has 1 fully saturated rings. The number of hydrogen-bond donors (Lipinski definition) is 1. The number of carbonyl (C=O) groups is 1. The number of amides is 1. The second-order valence-corrected chi connectivity index (χ2v) is 6.94. The zero-order valence-corrected chi connectivity index (χ0v) is 13.4. The Morgan fingerprint density at radius 3 is 2.33 bits per heavy atom. The van der Waals surface area contributed by atoms with Gasteiger partial charge in [-0.25, -0.2) is 5.43 Å². The highest BCUT2D eigenvalue weighted by Crippen LogP contribution is 2.23. The molecule has 1 aliphatic carbocycles. The Hall–Kier alpha value is -1.64. The van der Waals surface area contributed by atoms with Gasteiger partial charge in [0.2, 0.25) is 5.91 Å². The number of hydrazone groups is 1. The Kier molecular flexibility index (Phi) is 5.16. The van der Waals surface area contributed by atoms with Gasteiger partial charge < -0.3 is 0 Å². The van der Waals surface area contributed by atoms with Gasteiger partial charge in [0.25, 0.3) is 0 Å². The van der Waals surface area contributed by atoms with E-state index in [9.17, 15) is 4.79 Å². The van der Waals surface area contributed by atoms with Crippen molar-refractivity contribution in [3.63, 3.8) is 0 Å². The van der Waals surface area contributed by atoms with Gasteiger partial charge in [-0.2, -0.15) is 5.10 Å². The second kappa shape index (κ2) is 6.88. The van der Waals surface area contributed by atoms with Gasteiger partial charge >= 0.3 is 0 Å². The molecule has 0 radical (unpaired) electrons. The summed E-state index contributed by atoms with van der Waals surface area (Å²) in [6.07, 6.45) is 7.30. The maximum Gasteiger partial charge on any atom is 0.243 e. The fraction of sp³-hybridized carbons (Fsp3) is 0.556. The highest BCUT2D eigenvalue weighted by molar-refractivity contribution is 5.83. The molecule has 114 valence electrons. The van der Waals surface area contributed by atoms with Crippen LogP contribution in [0, 0.1) is 5.92 Å². The number of benzene rings is 1. The minimum Gasteiger partial charge on any atom is -0.273 e. The first kappa shape index (κ1) is 15.7. The van der Waals surface area contributed by atoms with Crippen LogP contribution in [0.3, 0.4) is 0 Å². The highest BCUT2D eigenvalue weighted by Gasteiger charge is 2.20. The van der Waals surface area contributed by atoms with Crippen LogP contribution in [-0.4, -0.2) is 12.1 Å². The van der Waals surface area contributed by atoms with Crippen molar-refractivity contribution >= 4 is 12.1 Å². The molecule has 0 aliphatic heterocycles. The van der Waals surface area contributed by atoms with Gasteiger partial charge in [-0.1, -0.05) is 64.3 Å². The molecule has 1 N–H and O–H groups in total. The largest absolute Gasteiger partial charge is 0.273 e. The molecule has 0 saturated heterocycles. The Morgan fingerprint density at radius 1 is 1.14 bits per heavy atom. The van der Waals surface area contributed by atoms with Crippen molar-refractivity contribution in [2.75, 3.05) is 0 Å². The van der Waals surface area contributed by atoms with E-state index in [-0.39, 0.29) is 17.2 Å². The normalized spacial score (nSPS) is 17.1. The summed E-state index contributed by atoms with van der Waals surface area (Å²) in [5.74, 6) is 0.219. The molecule has 1 amide bonds. The third-order valence-corrected chi connectivity index (χ3v) is 4.14. The van der Waals surface area contributed by atoms with Crippen LogP contribution in [0.1, 0.15) is 64.0 Å². The van der Waals surface area contributed by atoms with E-state index >= 15 is 0 Å². The number of nitrogens with zero attached hydrogens (tertiary/aromatic N) is 1. The zero-order valence-electron chi connectivity index (χ0n) is 13.4. The van der Waals surface area contributed by atoms with E-state index in [0.29, 0.717) is 0 Å². The van der Waals surface area contributed by atoms with Gasteiger partial charge in [0.15, 0.2) is 0 Å². The molecular formula is C18H26N2O. The molecule has 1 aliphatic rings. The Bertz CT molecular complexity index is 491. The Labute approximate surface area is 127 Å². The number of nitrogens with one attached hydrogen (secondary N) is 1. The molecule has 2 rings (SSSR count). The molecule has 1 aromatic carbocycles. The zero-order chi connectivity index (χ0) is 15.3. The van der Waals surface area contributed by atoms with Crippen LogP contribution in [-0.2, 0) is 10.2 Å². The van der Waals surface area contributed by atoms with Gasteiger partial charge in [0.05, 0.1) is 6.21 Å². The molecule has 0 spiro atoms. The molecule has 3 heteroatoms. The summed E-state index contributed by atoms with van der Waals surface area (Å²) in [6, 6.07) is 8.31. The van der Waals surface area contributed by atoms with Crippen molar-refractivity contribution in [1.29, 1.82) is 0 Å². The van der Waals surface area contributed by atoms with Crippen LogP contribution in [0.5, 0.6) is 0 Å². The summed E-state index contributed by atoms with van der Waals surface area (Å²) in [5, 5.41) is 4.08. The van der Waals surface area contributed by atoms with Crippen molar-refractivity contribution in [3.8, 4) is 0 Å². The summed E-state index contributed by atoms with van der Waals surface area (Å²) in [4.78, 5) is 11.9. The average molecular weight is 286 g/mol. The summed E-state index contributed by atoms with van der Waals surface area (Å²) in [7, 11) is 0. The van der Waals surface area contributed by atoms with E-state index < -0.39 is 0 Å². The first-order valence-electron chi connectivity index (χ1n) is 7.90. The minimum atomic E-state index is 0.0669. The van der Waals surface area contributed by atoms with Crippen molar-refractivity contribution in [3.05, 3.63) is 35.4 Å². The van der Waals surface area contributed by atoms with Gasteiger partial charge in [0, 0.05) is 5.92 Å². The van der Waals surface area contributed by atoms with E-state index in [0.717, 1.165) is 31.2 Å². The molecule has 1 saturated carbocycles. The summed E-state index contributed by atoms with van der Waals surface area (Å²) in [6.45, 7) is 6.58. The van der Waals surface area contributed by atoms with Crippen LogP contribution in [0.2, 0.25) is 0 Å². The average Bonchev–Trinajstić information content (AvgIpc) is 2.47. The lowest BCUT2D eigenvalue weighted by atomic mass is 9.87.